The standard InChI is InChI=1S/C35H64O8/c1-3-4-5-6-7-8-9-10-11-15-18-31(39)33-21-22-34(43-33)32(40)25-29(37)17-14-12-13-16-28(36)19-20-30(38)24-27-23-26(2)42-35(27)41/h23,26,28-34,36-40H,3-22,24-25H2,1-2H3/t26-,28-,29+,30+,31+,32+,33+,34+/m1/s1. The summed E-state index contributed by atoms with van der Waals surface area (Å²) in [4.78, 5) is 11.7. The van der Waals surface area contributed by atoms with Crippen LogP contribution in [-0.2, 0) is 14.3 Å². The largest absolute Gasteiger partial charge is 0.455 e. The van der Waals surface area contributed by atoms with Gasteiger partial charge in [0.15, 0.2) is 0 Å². The zero-order chi connectivity index (χ0) is 31.5. The summed E-state index contributed by atoms with van der Waals surface area (Å²) < 4.78 is 11.0. The van der Waals surface area contributed by atoms with E-state index in [-0.39, 0.29) is 37.1 Å². The molecule has 1 saturated heterocycles. The van der Waals surface area contributed by atoms with Gasteiger partial charge in [0.05, 0.1) is 42.7 Å². The van der Waals surface area contributed by atoms with Crippen molar-refractivity contribution in [3.63, 3.8) is 0 Å². The Morgan fingerprint density at radius 3 is 1.79 bits per heavy atom. The normalized spacial score (nSPS) is 24.0. The van der Waals surface area contributed by atoms with Crippen LogP contribution in [0.3, 0.4) is 0 Å². The van der Waals surface area contributed by atoms with Crippen LogP contribution < -0.4 is 0 Å². The molecule has 5 N–H and O–H groups in total. The van der Waals surface area contributed by atoms with Crippen molar-refractivity contribution in [3.8, 4) is 0 Å². The van der Waals surface area contributed by atoms with Crippen molar-refractivity contribution in [3.05, 3.63) is 11.6 Å². The average Bonchev–Trinajstić information content (AvgIpc) is 3.59. The van der Waals surface area contributed by atoms with E-state index >= 15 is 0 Å². The molecule has 8 atom stereocenters. The summed E-state index contributed by atoms with van der Waals surface area (Å²) in [5, 5.41) is 52.1. The average molecular weight is 613 g/mol. The van der Waals surface area contributed by atoms with Gasteiger partial charge in [0, 0.05) is 18.4 Å². The number of rotatable bonds is 26. The summed E-state index contributed by atoms with van der Waals surface area (Å²) >= 11 is 0. The van der Waals surface area contributed by atoms with Crippen LogP contribution in [0, 0.1) is 0 Å². The molecule has 8 heteroatoms. The Bertz CT molecular complexity index is 758. The van der Waals surface area contributed by atoms with Crippen LogP contribution in [0.1, 0.15) is 155 Å². The molecule has 8 nitrogen and oxygen atoms in total. The van der Waals surface area contributed by atoms with Crippen molar-refractivity contribution in [2.45, 2.75) is 204 Å². The highest BCUT2D eigenvalue weighted by Crippen LogP contribution is 2.29. The molecule has 0 radical (unpaired) electrons. The predicted octanol–water partition coefficient (Wildman–Crippen LogP) is 6.03. The lowest BCUT2D eigenvalue weighted by Crippen LogP contribution is -2.33. The second-order valence-electron chi connectivity index (χ2n) is 13.3. The van der Waals surface area contributed by atoms with Crippen molar-refractivity contribution >= 4 is 5.97 Å². The lowest BCUT2D eigenvalue weighted by Gasteiger charge is -2.23. The number of carbonyl (C=O) groups is 1. The zero-order valence-corrected chi connectivity index (χ0v) is 27.2. The Morgan fingerprint density at radius 2 is 1.19 bits per heavy atom. The maximum absolute atomic E-state index is 11.7. The molecule has 2 aliphatic rings. The Labute approximate surface area is 261 Å². The van der Waals surface area contributed by atoms with Crippen molar-refractivity contribution in [1.29, 1.82) is 0 Å². The van der Waals surface area contributed by atoms with Gasteiger partial charge in [-0.05, 0) is 57.9 Å². The van der Waals surface area contributed by atoms with E-state index in [2.05, 4.69) is 6.92 Å². The third-order valence-corrected chi connectivity index (χ3v) is 9.16. The molecule has 0 aliphatic carbocycles. The van der Waals surface area contributed by atoms with E-state index in [0.717, 1.165) is 44.9 Å². The number of hydrogen-bond acceptors (Lipinski definition) is 8. The summed E-state index contributed by atoms with van der Waals surface area (Å²) in [6.07, 6.45) is 18.0. The third-order valence-electron chi connectivity index (χ3n) is 9.16. The molecule has 2 heterocycles. The Balaban J connectivity index is 1.45. The third kappa shape index (κ3) is 16.7. The molecule has 0 amide bonds. The summed E-state index contributed by atoms with van der Waals surface area (Å²) in [6, 6.07) is 0. The number of hydrogen-bond donors (Lipinski definition) is 5. The van der Waals surface area contributed by atoms with Gasteiger partial charge >= 0.3 is 5.97 Å². The van der Waals surface area contributed by atoms with Crippen LogP contribution in [0.25, 0.3) is 0 Å². The minimum Gasteiger partial charge on any atom is -0.455 e. The maximum atomic E-state index is 11.7. The number of aliphatic hydroxyl groups excluding tert-OH is 5. The Kier molecular flexibility index (Phi) is 19.9. The molecular weight excluding hydrogens is 548 g/mol. The highest BCUT2D eigenvalue weighted by atomic mass is 16.5. The first-order valence-electron chi connectivity index (χ1n) is 17.7. The van der Waals surface area contributed by atoms with Crippen molar-refractivity contribution < 1.29 is 39.8 Å². The first-order chi connectivity index (χ1) is 20.7. The second-order valence-corrected chi connectivity index (χ2v) is 13.3. The molecule has 2 aliphatic heterocycles. The molecule has 0 aromatic heterocycles. The second kappa shape index (κ2) is 22.5. The first kappa shape index (κ1) is 38.2. The van der Waals surface area contributed by atoms with E-state index in [1.807, 2.05) is 0 Å². The van der Waals surface area contributed by atoms with Gasteiger partial charge in [-0.1, -0.05) is 90.4 Å². The summed E-state index contributed by atoms with van der Waals surface area (Å²) in [5.41, 5.74) is 0.509. The van der Waals surface area contributed by atoms with Crippen LogP contribution in [0.2, 0.25) is 0 Å². The maximum Gasteiger partial charge on any atom is 0.334 e. The molecule has 0 spiro atoms. The van der Waals surface area contributed by atoms with Gasteiger partial charge in [-0.25, -0.2) is 4.79 Å². The van der Waals surface area contributed by atoms with Gasteiger partial charge in [-0.3, -0.25) is 0 Å². The lowest BCUT2D eigenvalue weighted by molar-refractivity contribution is -0.139. The first-order valence-corrected chi connectivity index (χ1v) is 17.7. The Morgan fingerprint density at radius 1 is 0.674 bits per heavy atom. The van der Waals surface area contributed by atoms with Gasteiger partial charge in [0.25, 0.3) is 0 Å². The summed E-state index contributed by atoms with van der Waals surface area (Å²) in [5.74, 6) is -0.365. The van der Waals surface area contributed by atoms with Crippen molar-refractivity contribution in [2.75, 3.05) is 0 Å². The summed E-state index contributed by atoms with van der Waals surface area (Å²) in [7, 11) is 0. The van der Waals surface area contributed by atoms with Gasteiger partial charge in [0.2, 0.25) is 0 Å². The fraction of sp³-hybridized carbons (Fsp3) is 0.914. The molecule has 0 aromatic rings. The summed E-state index contributed by atoms with van der Waals surface area (Å²) in [6.45, 7) is 4.03. The number of esters is 1. The number of aliphatic hydroxyl groups is 5. The van der Waals surface area contributed by atoms with Gasteiger partial charge < -0.3 is 35.0 Å². The van der Waals surface area contributed by atoms with E-state index in [4.69, 9.17) is 9.47 Å². The number of cyclic esters (lactones) is 1. The molecule has 43 heavy (non-hydrogen) atoms. The quantitative estimate of drug-likeness (QED) is 0.0590. The molecule has 0 aromatic carbocycles. The van der Waals surface area contributed by atoms with Gasteiger partial charge in [-0.15, -0.1) is 0 Å². The smallest absolute Gasteiger partial charge is 0.334 e. The zero-order valence-electron chi connectivity index (χ0n) is 27.2. The van der Waals surface area contributed by atoms with Gasteiger partial charge in [-0.2, -0.15) is 0 Å². The van der Waals surface area contributed by atoms with Crippen LogP contribution in [-0.4, -0.2) is 80.3 Å². The van der Waals surface area contributed by atoms with Crippen LogP contribution in [0.15, 0.2) is 11.6 Å². The fourth-order valence-electron chi connectivity index (χ4n) is 6.43. The molecule has 2 rings (SSSR count). The lowest BCUT2D eigenvalue weighted by atomic mass is 9.98. The van der Waals surface area contributed by atoms with E-state index in [1.54, 1.807) is 13.0 Å². The monoisotopic (exact) mass is 612 g/mol. The molecular formula is C35H64O8. The SMILES string of the molecule is CCCCCCCCCCCC[C@H](O)[C@@H]1CC[C@@H]([C@@H](O)C[C@@H](O)CCCCC[C@@H](O)CC[C@H](O)CC2=C[C@@H](C)OC2=O)O1. The molecule has 0 bridgehead atoms. The fourth-order valence-corrected chi connectivity index (χ4v) is 6.43. The molecule has 252 valence electrons. The van der Waals surface area contributed by atoms with E-state index in [1.165, 1.54) is 51.4 Å². The van der Waals surface area contributed by atoms with Crippen molar-refractivity contribution in [2.24, 2.45) is 0 Å². The molecule has 1 fully saturated rings. The Hall–Kier alpha value is -1.03. The number of unbranched alkanes of at least 4 members (excludes halogenated alkanes) is 11. The minimum atomic E-state index is -0.733. The number of carbonyl (C=O) groups excluding carboxylic acids is 1. The van der Waals surface area contributed by atoms with Crippen LogP contribution in [0.4, 0.5) is 0 Å². The highest BCUT2D eigenvalue weighted by Gasteiger charge is 2.35. The predicted molar refractivity (Wildman–Crippen MR) is 170 cm³/mol. The van der Waals surface area contributed by atoms with E-state index in [0.29, 0.717) is 37.7 Å². The molecule has 0 saturated carbocycles. The van der Waals surface area contributed by atoms with Crippen molar-refractivity contribution in [1.82, 2.24) is 0 Å². The van der Waals surface area contributed by atoms with E-state index < -0.39 is 30.5 Å². The van der Waals surface area contributed by atoms with Crippen LogP contribution >= 0.6 is 0 Å². The van der Waals surface area contributed by atoms with Crippen LogP contribution in [0.5, 0.6) is 0 Å². The number of ether oxygens (including phenoxy) is 2. The van der Waals surface area contributed by atoms with E-state index in [9.17, 15) is 30.3 Å². The molecule has 0 unspecified atom stereocenters. The highest BCUT2D eigenvalue weighted by molar-refractivity contribution is 5.90. The van der Waals surface area contributed by atoms with Gasteiger partial charge in [0.1, 0.15) is 6.10 Å². The minimum absolute atomic E-state index is 0.220. The topological polar surface area (TPSA) is 137 Å².